The minimum absolute atomic E-state index is 0.479. The average Bonchev–Trinajstić information content (AvgIpc) is 3.05. The topological polar surface area (TPSA) is 86.6 Å². The number of anilines is 1. The minimum Gasteiger partial charge on any atom is -0.480 e. The summed E-state index contributed by atoms with van der Waals surface area (Å²) in [5, 5.41) is 10.5. The zero-order chi connectivity index (χ0) is 14.1. The predicted molar refractivity (Wildman–Crippen MR) is 82.7 cm³/mol. The smallest absolute Gasteiger partial charge is 0.329 e. The molecule has 2 heterocycles. The summed E-state index contributed by atoms with van der Waals surface area (Å²) >= 11 is 2.98. The van der Waals surface area contributed by atoms with E-state index in [1.165, 1.54) is 23.1 Å². The van der Waals surface area contributed by atoms with Crippen molar-refractivity contribution in [3.63, 3.8) is 0 Å². The minimum atomic E-state index is -0.880. The number of carboxylic acid groups (broad SMARTS) is 1. The van der Waals surface area contributed by atoms with E-state index in [-0.39, 0.29) is 0 Å². The van der Waals surface area contributed by atoms with E-state index in [4.69, 9.17) is 5.11 Å². The van der Waals surface area contributed by atoms with Crippen LogP contribution in [0.15, 0.2) is 23.2 Å². The van der Waals surface area contributed by atoms with Crippen LogP contribution < -0.4 is 10.9 Å². The second-order valence-electron chi connectivity index (χ2n) is 4.18. The Morgan fingerprint density at radius 2 is 2.35 bits per heavy atom. The van der Waals surface area contributed by atoms with Gasteiger partial charge in [-0.05, 0) is 18.2 Å². The number of carboxylic acids is 1. The first kappa shape index (κ1) is 13.3. The fourth-order valence-electron chi connectivity index (χ4n) is 1.86. The van der Waals surface area contributed by atoms with Gasteiger partial charge in [0.05, 0.1) is 15.9 Å². The molecule has 1 unspecified atom stereocenters. The van der Waals surface area contributed by atoms with E-state index in [2.05, 4.69) is 20.8 Å². The Hall–Kier alpha value is -1.64. The maximum Gasteiger partial charge on any atom is 0.329 e. The first-order valence-corrected chi connectivity index (χ1v) is 7.74. The van der Waals surface area contributed by atoms with Gasteiger partial charge in [-0.15, -0.1) is 23.1 Å². The van der Waals surface area contributed by atoms with Crippen molar-refractivity contribution in [1.29, 1.82) is 0 Å². The molecule has 0 saturated heterocycles. The van der Waals surface area contributed by atoms with Crippen molar-refractivity contribution in [3.05, 3.63) is 23.2 Å². The Balaban J connectivity index is 1.93. The third-order valence-electron chi connectivity index (χ3n) is 2.78. The maximum atomic E-state index is 10.9. The molecule has 1 aliphatic heterocycles. The molecule has 0 radical (unpaired) electrons. The van der Waals surface area contributed by atoms with E-state index in [0.717, 1.165) is 26.0 Å². The molecular weight excluding hydrogens is 296 g/mol. The highest BCUT2D eigenvalue weighted by molar-refractivity contribution is 8.15. The van der Waals surface area contributed by atoms with Crippen LogP contribution >= 0.6 is 23.1 Å². The van der Waals surface area contributed by atoms with Gasteiger partial charge in [0.25, 0.3) is 0 Å². The lowest BCUT2D eigenvalue weighted by molar-refractivity contribution is -0.137. The van der Waals surface area contributed by atoms with Gasteiger partial charge < -0.3 is 10.5 Å². The predicted octanol–water partition coefficient (Wildman–Crippen LogP) is 1.79. The highest BCUT2D eigenvalue weighted by Crippen LogP contribution is 2.30. The summed E-state index contributed by atoms with van der Waals surface area (Å²) in [7, 11) is 1.80. The summed E-state index contributed by atoms with van der Waals surface area (Å²) < 4.78 is 1.04. The highest BCUT2D eigenvalue weighted by atomic mass is 32.2. The Morgan fingerprint density at radius 1 is 1.50 bits per heavy atom. The van der Waals surface area contributed by atoms with Crippen LogP contribution in [0.5, 0.6) is 0 Å². The first-order chi connectivity index (χ1) is 9.67. The Morgan fingerprint density at radius 3 is 3.05 bits per heavy atom. The van der Waals surface area contributed by atoms with Gasteiger partial charge in [-0.25, -0.2) is 15.2 Å². The summed E-state index contributed by atoms with van der Waals surface area (Å²) in [6.45, 7) is 0. The number of thiazole rings is 1. The standard InChI is InChI=1S/C12H12N4O2S2/c1-13-16-6-2-3-7-9(4-6)20-11(14-7)10-15-8(5-19-10)12(17)18/h2-4,8,13,16H,5H2,1H3,(H,17,18). The van der Waals surface area contributed by atoms with Crippen molar-refractivity contribution in [2.24, 2.45) is 4.99 Å². The molecule has 8 heteroatoms. The number of aliphatic imine (C=N–C) groups is 1. The molecule has 2 aromatic rings. The molecule has 104 valence electrons. The van der Waals surface area contributed by atoms with Gasteiger partial charge in [0.15, 0.2) is 6.04 Å². The van der Waals surface area contributed by atoms with Gasteiger partial charge in [0.1, 0.15) is 10.1 Å². The summed E-state index contributed by atoms with van der Waals surface area (Å²) in [5.41, 5.74) is 7.74. The van der Waals surface area contributed by atoms with E-state index >= 15 is 0 Å². The Kier molecular flexibility index (Phi) is 3.60. The van der Waals surface area contributed by atoms with Crippen LogP contribution in [0.2, 0.25) is 0 Å². The fraction of sp³-hybridized carbons (Fsp3) is 0.250. The number of benzene rings is 1. The van der Waals surface area contributed by atoms with Gasteiger partial charge in [-0.2, -0.15) is 0 Å². The monoisotopic (exact) mass is 308 g/mol. The number of hydrazine groups is 1. The van der Waals surface area contributed by atoms with Crippen LogP contribution in [-0.2, 0) is 4.79 Å². The normalized spacial score (nSPS) is 18.2. The van der Waals surface area contributed by atoms with Crippen LogP contribution in [0.1, 0.15) is 5.01 Å². The summed E-state index contributed by atoms with van der Waals surface area (Å²) in [5.74, 6) is -0.401. The number of hydrogen-bond donors (Lipinski definition) is 3. The molecule has 1 atom stereocenters. The van der Waals surface area contributed by atoms with E-state index in [0.29, 0.717) is 5.75 Å². The molecule has 6 nitrogen and oxygen atoms in total. The van der Waals surface area contributed by atoms with Crippen LogP contribution in [0.4, 0.5) is 5.69 Å². The molecule has 1 aliphatic rings. The number of fused-ring (bicyclic) bond motifs is 1. The van der Waals surface area contributed by atoms with Crippen LogP contribution in [-0.4, -0.2) is 39.9 Å². The number of nitrogens with one attached hydrogen (secondary N) is 2. The van der Waals surface area contributed by atoms with Crippen molar-refractivity contribution in [2.45, 2.75) is 6.04 Å². The third-order valence-corrected chi connectivity index (χ3v) is 4.99. The highest BCUT2D eigenvalue weighted by Gasteiger charge is 2.26. The van der Waals surface area contributed by atoms with Crippen molar-refractivity contribution < 1.29 is 9.90 Å². The quantitative estimate of drug-likeness (QED) is 0.747. The van der Waals surface area contributed by atoms with E-state index in [1.807, 2.05) is 18.2 Å². The maximum absolute atomic E-state index is 10.9. The molecule has 20 heavy (non-hydrogen) atoms. The van der Waals surface area contributed by atoms with Gasteiger partial charge >= 0.3 is 5.97 Å². The molecular formula is C12H12N4O2S2. The van der Waals surface area contributed by atoms with E-state index in [9.17, 15) is 4.79 Å². The summed E-state index contributed by atoms with van der Waals surface area (Å²) in [6.07, 6.45) is 0. The lowest BCUT2D eigenvalue weighted by atomic mass is 10.3. The number of carbonyl (C=O) groups is 1. The van der Waals surface area contributed by atoms with E-state index in [1.54, 1.807) is 7.05 Å². The Labute approximate surface area is 123 Å². The van der Waals surface area contributed by atoms with Gasteiger partial charge in [0, 0.05) is 12.8 Å². The molecule has 0 saturated carbocycles. The zero-order valence-corrected chi connectivity index (χ0v) is 12.2. The van der Waals surface area contributed by atoms with Gasteiger partial charge in [0.2, 0.25) is 0 Å². The third kappa shape index (κ3) is 2.49. The van der Waals surface area contributed by atoms with Gasteiger partial charge in [-0.3, -0.25) is 4.99 Å². The summed E-state index contributed by atoms with van der Waals surface area (Å²) in [6, 6.07) is 5.22. The molecule has 0 aliphatic carbocycles. The molecule has 3 N–H and O–H groups in total. The van der Waals surface area contributed by atoms with Crippen molar-refractivity contribution in [3.8, 4) is 0 Å². The van der Waals surface area contributed by atoms with Crippen molar-refractivity contribution in [1.82, 2.24) is 10.4 Å². The SMILES string of the molecule is CNNc1ccc2nc(C3=NC(C(=O)O)CS3)sc2c1. The second kappa shape index (κ2) is 5.39. The molecule has 0 fully saturated rings. The number of rotatable bonds is 4. The average molecular weight is 308 g/mol. The molecule has 0 spiro atoms. The largest absolute Gasteiger partial charge is 0.480 e. The first-order valence-electron chi connectivity index (χ1n) is 5.94. The number of thioether (sulfide) groups is 1. The van der Waals surface area contributed by atoms with Gasteiger partial charge in [-0.1, -0.05) is 0 Å². The zero-order valence-electron chi connectivity index (χ0n) is 10.6. The van der Waals surface area contributed by atoms with E-state index < -0.39 is 12.0 Å². The van der Waals surface area contributed by atoms with Crippen molar-refractivity contribution in [2.75, 3.05) is 18.2 Å². The lowest BCUT2D eigenvalue weighted by Gasteiger charge is -2.02. The molecule has 3 rings (SSSR count). The van der Waals surface area contributed by atoms with Crippen LogP contribution in [0.3, 0.4) is 0 Å². The number of aliphatic carboxylic acids is 1. The van der Waals surface area contributed by atoms with Crippen LogP contribution in [0, 0.1) is 0 Å². The lowest BCUT2D eigenvalue weighted by Crippen LogP contribution is -2.17. The Bertz CT molecular complexity index is 698. The number of hydrogen-bond acceptors (Lipinski definition) is 7. The second-order valence-corrected chi connectivity index (χ2v) is 6.22. The summed E-state index contributed by atoms with van der Waals surface area (Å²) in [4.78, 5) is 19.6. The number of nitrogens with zero attached hydrogens (tertiary/aromatic N) is 2. The molecule has 0 amide bonds. The molecule has 0 bridgehead atoms. The molecule has 1 aromatic heterocycles. The fourth-order valence-corrected chi connectivity index (χ4v) is 3.96. The molecule has 1 aromatic carbocycles. The van der Waals surface area contributed by atoms with Crippen LogP contribution in [0.25, 0.3) is 10.2 Å². The van der Waals surface area contributed by atoms with Crippen molar-refractivity contribution >= 4 is 50.0 Å². The number of aromatic nitrogens is 1.